The largest absolute Gasteiger partial charge is 0.492 e. The second-order valence-electron chi connectivity index (χ2n) is 4.61. The summed E-state index contributed by atoms with van der Waals surface area (Å²) in [6.07, 6.45) is 0. The Hall–Kier alpha value is -2.70. The number of nitrogens with zero attached hydrogens (tertiary/aromatic N) is 2. The van der Waals surface area contributed by atoms with Gasteiger partial charge in [-0.25, -0.2) is 8.78 Å². The molecule has 22 heavy (non-hydrogen) atoms. The van der Waals surface area contributed by atoms with E-state index in [9.17, 15) is 18.9 Å². The maximum Gasteiger partial charge on any atom is 0.295 e. The van der Waals surface area contributed by atoms with Gasteiger partial charge in [-0.2, -0.15) is 0 Å². The first-order chi connectivity index (χ1) is 10.5. The monoisotopic (exact) mass is 308 g/mol. The molecule has 0 saturated carbocycles. The van der Waals surface area contributed by atoms with E-state index >= 15 is 0 Å². The summed E-state index contributed by atoms with van der Waals surface area (Å²) in [5.41, 5.74) is -0.00149. The van der Waals surface area contributed by atoms with E-state index in [1.807, 2.05) is 0 Å². The summed E-state index contributed by atoms with van der Waals surface area (Å²) in [5, 5.41) is 11.0. The molecule has 0 spiro atoms. The second-order valence-corrected chi connectivity index (χ2v) is 4.61. The maximum absolute atomic E-state index is 13.1. The minimum absolute atomic E-state index is 0.247. The average Bonchev–Trinajstić information content (AvgIpc) is 2.49. The Balaban J connectivity index is 1.99. The number of hydrogen-bond acceptors (Lipinski definition) is 4. The fourth-order valence-electron chi connectivity index (χ4n) is 1.92. The molecule has 7 heteroatoms. The lowest BCUT2D eigenvalue weighted by Crippen LogP contribution is -2.24. The van der Waals surface area contributed by atoms with E-state index in [4.69, 9.17) is 4.74 Å². The van der Waals surface area contributed by atoms with Gasteiger partial charge in [-0.15, -0.1) is 0 Å². The van der Waals surface area contributed by atoms with Crippen LogP contribution in [0, 0.1) is 21.7 Å². The number of anilines is 1. The van der Waals surface area contributed by atoms with Gasteiger partial charge in [0.25, 0.3) is 5.69 Å². The van der Waals surface area contributed by atoms with Crippen molar-refractivity contribution in [3.8, 4) is 5.75 Å². The van der Waals surface area contributed by atoms with Crippen LogP contribution in [0.25, 0.3) is 0 Å². The number of nitro benzene ring substituents is 1. The first-order valence-corrected chi connectivity index (χ1v) is 6.51. The molecule has 0 fully saturated rings. The Morgan fingerprint density at radius 1 is 1.14 bits per heavy atom. The molecule has 0 unspecified atom stereocenters. The first-order valence-electron chi connectivity index (χ1n) is 6.51. The minimum Gasteiger partial charge on any atom is -0.492 e. The molecule has 0 amide bonds. The number of ether oxygens (including phenoxy) is 1. The van der Waals surface area contributed by atoms with Crippen molar-refractivity contribution in [3.63, 3.8) is 0 Å². The summed E-state index contributed by atoms with van der Waals surface area (Å²) in [4.78, 5) is 11.9. The number of nitro groups is 1. The summed E-state index contributed by atoms with van der Waals surface area (Å²) < 4.78 is 31.3. The van der Waals surface area contributed by atoms with Gasteiger partial charge in [0.2, 0.25) is 0 Å². The number of hydrogen-bond donors (Lipinski definition) is 0. The van der Waals surface area contributed by atoms with Gasteiger partial charge < -0.3 is 9.64 Å². The number of benzene rings is 2. The van der Waals surface area contributed by atoms with Crippen molar-refractivity contribution < 1.29 is 18.4 Å². The SMILES string of the molecule is CN(CCOc1ccc(F)cc1)c1ccc(F)cc1[N+](=O)[O-]. The molecule has 0 heterocycles. The van der Waals surface area contributed by atoms with Gasteiger partial charge >= 0.3 is 0 Å². The molecule has 0 bridgehead atoms. The third kappa shape index (κ3) is 3.91. The van der Waals surface area contributed by atoms with Crippen LogP contribution in [0.1, 0.15) is 0 Å². The predicted octanol–water partition coefficient (Wildman–Crippen LogP) is 3.39. The van der Waals surface area contributed by atoms with Crippen LogP contribution in [0.15, 0.2) is 42.5 Å². The molecule has 0 aromatic heterocycles. The highest BCUT2D eigenvalue weighted by molar-refractivity contribution is 5.62. The molecule has 0 aliphatic heterocycles. The predicted molar refractivity (Wildman–Crippen MR) is 78.2 cm³/mol. The molecule has 0 radical (unpaired) electrons. The fourth-order valence-corrected chi connectivity index (χ4v) is 1.92. The van der Waals surface area contributed by atoms with E-state index in [2.05, 4.69) is 0 Å². The van der Waals surface area contributed by atoms with Crippen molar-refractivity contribution in [1.82, 2.24) is 0 Å². The van der Waals surface area contributed by atoms with Crippen LogP contribution < -0.4 is 9.64 Å². The Bertz CT molecular complexity index is 662. The summed E-state index contributed by atoms with van der Waals surface area (Å²) in [7, 11) is 1.65. The first kappa shape index (κ1) is 15.7. The van der Waals surface area contributed by atoms with Crippen LogP contribution >= 0.6 is 0 Å². The molecule has 2 aromatic carbocycles. The van der Waals surface area contributed by atoms with E-state index in [-0.39, 0.29) is 18.1 Å². The number of rotatable bonds is 6. The Kier molecular flexibility index (Phi) is 4.88. The zero-order valence-electron chi connectivity index (χ0n) is 11.8. The van der Waals surface area contributed by atoms with Gasteiger partial charge in [-0.1, -0.05) is 0 Å². The normalized spacial score (nSPS) is 10.3. The van der Waals surface area contributed by atoms with Crippen LogP contribution in [-0.4, -0.2) is 25.1 Å². The molecule has 0 N–H and O–H groups in total. The van der Waals surface area contributed by atoms with Crippen molar-refractivity contribution in [1.29, 1.82) is 0 Å². The third-order valence-corrected chi connectivity index (χ3v) is 3.05. The lowest BCUT2D eigenvalue weighted by molar-refractivity contribution is -0.384. The second kappa shape index (κ2) is 6.84. The van der Waals surface area contributed by atoms with Crippen molar-refractivity contribution in [2.45, 2.75) is 0 Å². The number of halogens is 2. The van der Waals surface area contributed by atoms with Crippen molar-refractivity contribution in [2.24, 2.45) is 0 Å². The van der Waals surface area contributed by atoms with Gasteiger partial charge in [-0.05, 0) is 36.4 Å². The molecular formula is C15H14F2N2O3. The van der Waals surface area contributed by atoms with Gasteiger partial charge in [0.1, 0.15) is 29.7 Å². The Morgan fingerprint density at radius 2 is 1.77 bits per heavy atom. The lowest BCUT2D eigenvalue weighted by Gasteiger charge is -2.19. The number of likely N-dealkylation sites (N-methyl/N-ethyl adjacent to an activating group) is 1. The summed E-state index contributed by atoms with van der Waals surface area (Å²) in [5.74, 6) is -0.513. The summed E-state index contributed by atoms with van der Waals surface area (Å²) in [6.45, 7) is 0.598. The van der Waals surface area contributed by atoms with Gasteiger partial charge in [-0.3, -0.25) is 10.1 Å². The highest BCUT2D eigenvalue weighted by atomic mass is 19.1. The molecule has 2 rings (SSSR count). The van der Waals surface area contributed by atoms with Crippen LogP contribution in [0.5, 0.6) is 5.75 Å². The molecule has 2 aromatic rings. The fraction of sp³-hybridized carbons (Fsp3) is 0.200. The molecule has 116 valence electrons. The van der Waals surface area contributed by atoms with Crippen LogP contribution in [0.3, 0.4) is 0 Å². The zero-order valence-corrected chi connectivity index (χ0v) is 11.8. The Morgan fingerprint density at radius 3 is 2.41 bits per heavy atom. The van der Waals surface area contributed by atoms with Crippen LogP contribution in [0.4, 0.5) is 20.2 Å². The molecule has 0 atom stereocenters. The van der Waals surface area contributed by atoms with E-state index in [1.54, 1.807) is 11.9 Å². The smallest absolute Gasteiger partial charge is 0.295 e. The van der Waals surface area contributed by atoms with E-state index in [1.165, 1.54) is 36.4 Å². The summed E-state index contributed by atoms with van der Waals surface area (Å²) in [6, 6.07) is 8.96. The average molecular weight is 308 g/mol. The Labute approximate surface area is 125 Å². The molecule has 0 saturated heterocycles. The molecule has 5 nitrogen and oxygen atoms in total. The van der Waals surface area contributed by atoms with Gasteiger partial charge in [0.05, 0.1) is 17.5 Å². The standard InChI is InChI=1S/C15H14F2N2O3/c1-18(8-9-22-13-5-2-11(16)3-6-13)14-7-4-12(17)10-15(14)19(20)21/h2-7,10H,8-9H2,1H3. The van der Waals surface area contributed by atoms with E-state index in [0.29, 0.717) is 18.0 Å². The minimum atomic E-state index is -0.661. The molecule has 0 aliphatic rings. The van der Waals surface area contributed by atoms with E-state index in [0.717, 1.165) is 6.07 Å². The highest BCUT2D eigenvalue weighted by Crippen LogP contribution is 2.27. The molecule has 0 aliphatic carbocycles. The summed E-state index contributed by atoms with van der Waals surface area (Å²) >= 11 is 0. The third-order valence-electron chi connectivity index (χ3n) is 3.05. The quantitative estimate of drug-likeness (QED) is 0.606. The van der Waals surface area contributed by atoms with Crippen LogP contribution in [-0.2, 0) is 0 Å². The van der Waals surface area contributed by atoms with E-state index < -0.39 is 10.7 Å². The zero-order chi connectivity index (χ0) is 16.1. The topological polar surface area (TPSA) is 55.6 Å². The van der Waals surface area contributed by atoms with Gasteiger partial charge in [0.15, 0.2) is 0 Å². The van der Waals surface area contributed by atoms with Gasteiger partial charge in [0, 0.05) is 7.05 Å². The lowest BCUT2D eigenvalue weighted by atomic mass is 10.2. The van der Waals surface area contributed by atoms with Crippen LogP contribution in [0.2, 0.25) is 0 Å². The maximum atomic E-state index is 13.1. The molecular weight excluding hydrogens is 294 g/mol. The highest BCUT2D eigenvalue weighted by Gasteiger charge is 2.18. The van der Waals surface area contributed by atoms with Crippen molar-refractivity contribution in [3.05, 3.63) is 64.2 Å². The van der Waals surface area contributed by atoms with Crippen molar-refractivity contribution in [2.75, 3.05) is 25.1 Å². The van der Waals surface area contributed by atoms with Crippen molar-refractivity contribution >= 4 is 11.4 Å².